The fraction of sp³-hybridized carbons (Fsp3) is 0. The van der Waals surface area contributed by atoms with E-state index in [1.807, 2.05) is 0 Å². The smallest absolute Gasteiger partial charge is 0.124 e. The van der Waals surface area contributed by atoms with Gasteiger partial charge in [-0.3, -0.25) is 0 Å². The van der Waals surface area contributed by atoms with Crippen LogP contribution in [0.3, 0.4) is 0 Å². The molecule has 0 N–H and O–H groups in total. The molecular weight excluding hydrogens is 250 g/mol. The van der Waals surface area contributed by atoms with E-state index in [9.17, 15) is 0 Å². The monoisotopic (exact) mass is 251 g/mol. The highest BCUT2D eigenvalue weighted by Crippen LogP contribution is 2.16. The van der Waals surface area contributed by atoms with Crippen LogP contribution in [0.1, 0.15) is 5.69 Å². The summed E-state index contributed by atoms with van der Waals surface area (Å²) in [5, 5.41) is 3.64. The molecule has 0 atom stereocenters. The van der Waals surface area contributed by atoms with Gasteiger partial charge in [-0.25, -0.2) is 0 Å². The average Bonchev–Trinajstić information content (AvgIpc) is 2.15. The minimum atomic E-state index is 0.791. The van der Waals surface area contributed by atoms with Crippen molar-refractivity contribution in [1.29, 1.82) is 0 Å². The molecule has 2 nitrogen and oxygen atoms in total. The Labute approximate surface area is 69.2 Å². The van der Waals surface area contributed by atoms with Crippen LogP contribution in [0, 0.1) is 0 Å². The quantitative estimate of drug-likeness (QED) is 0.768. The Balaban J connectivity index is 2.80. The highest BCUT2D eigenvalue weighted by Gasteiger charge is 1.89. The van der Waals surface area contributed by atoms with Gasteiger partial charge in [0.2, 0.25) is 0 Å². The van der Waals surface area contributed by atoms with Crippen molar-refractivity contribution in [3.8, 4) is 0 Å². The molecule has 1 aromatic rings. The fourth-order valence-corrected chi connectivity index (χ4v) is 0.877. The molecule has 0 spiro atoms. The molecule has 0 amide bonds. The van der Waals surface area contributed by atoms with Gasteiger partial charge in [0.1, 0.15) is 12.0 Å². The van der Waals surface area contributed by atoms with Gasteiger partial charge in [0.15, 0.2) is 0 Å². The third-order valence-corrected chi connectivity index (χ3v) is 1.17. The molecule has 0 saturated carbocycles. The molecule has 48 valence electrons. The van der Waals surface area contributed by atoms with Crippen LogP contribution in [-0.2, 0) is 0 Å². The Bertz CT molecular complexity index is 201. The summed E-state index contributed by atoms with van der Waals surface area (Å²) in [5.41, 5.74) is 0.791. The predicted molar refractivity (Wildman–Crippen MR) is 42.3 cm³/mol. The lowest BCUT2D eigenvalue weighted by molar-refractivity contribution is 0.418. The standard InChI is InChI=1S/C5H3Br2NO/c6-5(7)3-4-1-2-9-8-4/h1-3H. The third-order valence-electron chi connectivity index (χ3n) is 0.715. The summed E-state index contributed by atoms with van der Waals surface area (Å²) in [5.74, 6) is 0. The normalized spacial score (nSPS) is 9.11. The molecular formula is C5H3Br2NO. The first-order valence-corrected chi connectivity index (χ1v) is 3.81. The molecule has 0 saturated heterocycles. The predicted octanol–water partition coefficient (Wildman–Crippen LogP) is 2.76. The van der Waals surface area contributed by atoms with Crippen molar-refractivity contribution < 1.29 is 4.52 Å². The van der Waals surface area contributed by atoms with Crippen LogP contribution in [0.4, 0.5) is 0 Å². The lowest BCUT2D eigenvalue weighted by atomic mass is 10.4. The maximum absolute atomic E-state index is 4.58. The van der Waals surface area contributed by atoms with Crippen molar-refractivity contribution in [3.05, 3.63) is 21.4 Å². The Hall–Kier alpha value is -0.0900. The van der Waals surface area contributed by atoms with Crippen molar-refractivity contribution >= 4 is 37.9 Å². The SMILES string of the molecule is BrC(Br)=Cc1ccon1. The Kier molecular flexibility index (Phi) is 2.48. The van der Waals surface area contributed by atoms with E-state index in [2.05, 4.69) is 41.5 Å². The maximum atomic E-state index is 4.58. The zero-order valence-electron chi connectivity index (χ0n) is 4.34. The van der Waals surface area contributed by atoms with Crippen LogP contribution in [0.25, 0.3) is 6.08 Å². The molecule has 0 aromatic carbocycles. The van der Waals surface area contributed by atoms with Gasteiger partial charge >= 0.3 is 0 Å². The number of rotatable bonds is 1. The van der Waals surface area contributed by atoms with Gasteiger partial charge in [0, 0.05) is 6.07 Å². The Morgan fingerprint density at radius 1 is 1.67 bits per heavy atom. The molecule has 1 heterocycles. The second kappa shape index (κ2) is 3.17. The van der Waals surface area contributed by atoms with Crippen LogP contribution in [0.15, 0.2) is 20.2 Å². The van der Waals surface area contributed by atoms with Crippen LogP contribution in [0.5, 0.6) is 0 Å². The summed E-state index contributed by atoms with van der Waals surface area (Å²) in [6.07, 6.45) is 3.32. The molecule has 0 unspecified atom stereocenters. The summed E-state index contributed by atoms with van der Waals surface area (Å²) in [6, 6.07) is 1.77. The summed E-state index contributed by atoms with van der Waals surface area (Å²) >= 11 is 6.38. The molecule has 0 aliphatic rings. The van der Waals surface area contributed by atoms with Crippen LogP contribution >= 0.6 is 31.9 Å². The zero-order chi connectivity index (χ0) is 6.69. The van der Waals surface area contributed by atoms with E-state index < -0.39 is 0 Å². The lowest BCUT2D eigenvalue weighted by Crippen LogP contribution is -1.65. The minimum absolute atomic E-state index is 0.791. The first-order chi connectivity index (χ1) is 4.29. The van der Waals surface area contributed by atoms with Gasteiger partial charge in [-0.2, -0.15) is 0 Å². The van der Waals surface area contributed by atoms with Crippen LogP contribution in [-0.4, -0.2) is 5.16 Å². The second-order valence-corrected chi connectivity index (χ2v) is 4.13. The average molecular weight is 253 g/mol. The minimum Gasteiger partial charge on any atom is -0.364 e. The van der Waals surface area contributed by atoms with Gasteiger partial charge in [0.25, 0.3) is 0 Å². The highest BCUT2D eigenvalue weighted by molar-refractivity contribution is 9.28. The first kappa shape index (κ1) is 7.02. The first-order valence-electron chi connectivity index (χ1n) is 2.22. The largest absolute Gasteiger partial charge is 0.364 e. The number of halogens is 2. The van der Waals surface area contributed by atoms with Gasteiger partial charge in [-0.1, -0.05) is 5.16 Å². The van der Waals surface area contributed by atoms with Crippen molar-refractivity contribution in [2.45, 2.75) is 0 Å². The molecule has 0 radical (unpaired) electrons. The summed E-state index contributed by atoms with van der Waals surface area (Å²) in [4.78, 5) is 0. The molecule has 0 bridgehead atoms. The van der Waals surface area contributed by atoms with E-state index in [1.165, 1.54) is 6.26 Å². The van der Waals surface area contributed by atoms with Gasteiger partial charge in [-0.15, -0.1) is 0 Å². The van der Waals surface area contributed by atoms with E-state index in [0.717, 1.165) is 9.09 Å². The summed E-state index contributed by atoms with van der Waals surface area (Å²) in [6.45, 7) is 0. The van der Waals surface area contributed by atoms with E-state index in [1.54, 1.807) is 12.1 Å². The van der Waals surface area contributed by atoms with Gasteiger partial charge in [-0.05, 0) is 37.9 Å². The van der Waals surface area contributed by atoms with Crippen molar-refractivity contribution in [2.75, 3.05) is 0 Å². The van der Waals surface area contributed by atoms with Crippen LogP contribution in [0.2, 0.25) is 0 Å². The zero-order valence-corrected chi connectivity index (χ0v) is 7.52. The van der Waals surface area contributed by atoms with E-state index in [0.29, 0.717) is 0 Å². The molecule has 4 heteroatoms. The molecule has 1 aromatic heterocycles. The van der Waals surface area contributed by atoms with E-state index in [4.69, 9.17) is 0 Å². The summed E-state index contributed by atoms with van der Waals surface area (Å²) in [7, 11) is 0. The van der Waals surface area contributed by atoms with Crippen molar-refractivity contribution in [2.24, 2.45) is 0 Å². The molecule has 1 rings (SSSR count). The van der Waals surface area contributed by atoms with Gasteiger partial charge in [0.05, 0.1) is 3.39 Å². The topological polar surface area (TPSA) is 26.0 Å². The molecule has 9 heavy (non-hydrogen) atoms. The highest BCUT2D eigenvalue weighted by atomic mass is 79.9. The molecule has 0 aliphatic heterocycles. The summed E-state index contributed by atoms with van der Waals surface area (Å²) < 4.78 is 5.43. The fourth-order valence-electron chi connectivity index (χ4n) is 0.408. The number of hydrogen-bond acceptors (Lipinski definition) is 2. The molecule has 0 fully saturated rings. The second-order valence-electron chi connectivity index (χ2n) is 1.36. The Morgan fingerprint density at radius 2 is 2.44 bits per heavy atom. The van der Waals surface area contributed by atoms with E-state index >= 15 is 0 Å². The maximum Gasteiger partial charge on any atom is 0.124 e. The van der Waals surface area contributed by atoms with E-state index in [-0.39, 0.29) is 0 Å². The van der Waals surface area contributed by atoms with Crippen molar-refractivity contribution in [3.63, 3.8) is 0 Å². The lowest BCUT2D eigenvalue weighted by Gasteiger charge is -1.78. The third kappa shape index (κ3) is 2.32. The van der Waals surface area contributed by atoms with Crippen LogP contribution < -0.4 is 0 Å². The van der Waals surface area contributed by atoms with Crippen molar-refractivity contribution in [1.82, 2.24) is 5.16 Å². The number of aromatic nitrogens is 1. The number of hydrogen-bond donors (Lipinski definition) is 0. The Morgan fingerprint density at radius 3 is 2.89 bits per heavy atom. The van der Waals surface area contributed by atoms with Gasteiger partial charge < -0.3 is 4.52 Å². The molecule has 0 aliphatic carbocycles. The number of nitrogens with zero attached hydrogens (tertiary/aromatic N) is 1.